The topological polar surface area (TPSA) is 46.3 Å². The zero-order chi connectivity index (χ0) is 9.42. The first-order valence-electron chi connectivity index (χ1n) is 4.28. The predicted octanol–water partition coefficient (Wildman–Crippen LogP) is 0.840. The summed E-state index contributed by atoms with van der Waals surface area (Å²) in [4.78, 5) is 15.5. The summed E-state index contributed by atoms with van der Waals surface area (Å²) in [6, 6.07) is 4.04. The third-order valence-corrected chi connectivity index (χ3v) is 3.14. The van der Waals surface area contributed by atoms with Gasteiger partial charge in [-0.05, 0) is 19.1 Å². The highest BCUT2D eigenvalue weighted by molar-refractivity contribution is 7.13. The largest absolute Gasteiger partial charge is 0.335 e. The van der Waals surface area contributed by atoms with Crippen molar-refractivity contribution in [3.63, 3.8) is 0 Å². The Morgan fingerprint density at radius 1 is 1.62 bits per heavy atom. The highest BCUT2D eigenvalue weighted by Crippen LogP contribution is 2.19. The van der Waals surface area contributed by atoms with Gasteiger partial charge in [0.25, 0.3) is 5.91 Å². The van der Waals surface area contributed by atoms with Crippen LogP contribution in [-0.4, -0.2) is 29.9 Å². The quantitative estimate of drug-likeness (QED) is 0.723. The van der Waals surface area contributed by atoms with Gasteiger partial charge in [0.2, 0.25) is 0 Å². The summed E-state index contributed by atoms with van der Waals surface area (Å²) in [7, 11) is 0. The van der Waals surface area contributed by atoms with Gasteiger partial charge < -0.3 is 10.6 Å². The van der Waals surface area contributed by atoms with E-state index in [0.717, 1.165) is 4.88 Å². The molecule has 0 saturated carbocycles. The number of hydrogen-bond donors (Lipinski definition) is 1. The smallest absolute Gasteiger partial charge is 0.264 e. The molecule has 0 unspecified atom stereocenters. The summed E-state index contributed by atoms with van der Waals surface area (Å²) in [6.45, 7) is 3.41. The van der Waals surface area contributed by atoms with Crippen LogP contribution in [0.5, 0.6) is 0 Å². The highest BCUT2D eigenvalue weighted by atomic mass is 32.1. The lowest BCUT2D eigenvalue weighted by atomic mass is 10.1. The maximum absolute atomic E-state index is 11.7. The molecule has 1 saturated heterocycles. The summed E-state index contributed by atoms with van der Waals surface area (Å²) in [5.41, 5.74) is 5.60. The zero-order valence-electron chi connectivity index (χ0n) is 7.49. The number of hydrogen-bond acceptors (Lipinski definition) is 3. The molecule has 0 spiro atoms. The third-order valence-electron chi connectivity index (χ3n) is 2.15. The minimum absolute atomic E-state index is 0.125. The lowest BCUT2D eigenvalue weighted by Crippen LogP contribution is -2.57. The van der Waals surface area contributed by atoms with Gasteiger partial charge >= 0.3 is 0 Å². The highest BCUT2D eigenvalue weighted by Gasteiger charge is 2.28. The lowest BCUT2D eigenvalue weighted by Gasteiger charge is -2.36. The van der Waals surface area contributed by atoms with Crippen LogP contribution in [0.4, 0.5) is 0 Å². The van der Waals surface area contributed by atoms with Crippen molar-refractivity contribution in [1.29, 1.82) is 0 Å². The molecule has 1 aromatic rings. The molecule has 0 bridgehead atoms. The second-order valence-corrected chi connectivity index (χ2v) is 4.67. The number of thiophene rings is 1. The van der Waals surface area contributed by atoms with Gasteiger partial charge in [-0.2, -0.15) is 0 Å². The van der Waals surface area contributed by atoms with Crippen molar-refractivity contribution in [3.05, 3.63) is 21.9 Å². The van der Waals surface area contributed by atoms with E-state index >= 15 is 0 Å². The number of nitrogens with two attached hydrogens (primary N) is 1. The molecule has 0 radical (unpaired) electrons. The number of carbonyl (C=O) groups excluding carboxylic acids is 1. The van der Waals surface area contributed by atoms with E-state index in [2.05, 4.69) is 0 Å². The molecule has 3 nitrogen and oxygen atoms in total. The van der Waals surface area contributed by atoms with Crippen LogP contribution < -0.4 is 5.73 Å². The van der Waals surface area contributed by atoms with Crippen LogP contribution in [0.25, 0.3) is 0 Å². The molecule has 13 heavy (non-hydrogen) atoms. The van der Waals surface area contributed by atoms with Gasteiger partial charge in [0.15, 0.2) is 0 Å². The number of aryl methyl sites for hydroxylation is 1. The first-order valence-corrected chi connectivity index (χ1v) is 5.10. The van der Waals surface area contributed by atoms with Gasteiger partial charge in [-0.1, -0.05) is 0 Å². The molecular weight excluding hydrogens is 184 g/mol. The fourth-order valence-electron chi connectivity index (χ4n) is 1.38. The van der Waals surface area contributed by atoms with Crippen LogP contribution in [0.1, 0.15) is 14.5 Å². The van der Waals surface area contributed by atoms with Gasteiger partial charge in [0, 0.05) is 24.0 Å². The van der Waals surface area contributed by atoms with Crippen LogP contribution in [0.2, 0.25) is 0 Å². The van der Waals surface area contributed by atoms with Crippen molar-refractivity contribution in [2.45, 2.75) is 13.0 Å². The molecule has 0 aliphatic carbocycles. The summed E-state index contributed by atoms with van der Waals surface area (Å²) < 4.78 is 0. The van der Waals surface area contributed by atoms with Gasteiger partial charge in [-0.25, -0.2) is 0 Å². The Labute approximate surface area is 81.2 Å². The predicted molar refractivity (Wildman–Crippen MR) is 52.9 cm³/mol. The van der Waals surface area contributed by atoms with Crippen molar-refractivity contribution < 1.29 is 4.79 Å². The Balaban J connectivity index is 2.06. The average molecular weight is 196 g/mol. The van der Waals surface area contributed by atoms with Crippen LogP contribution in [0.3, 0.4) is 0 Å². The number of likely N-dealkylation sites (tertiary alicyclic amines) is 1. The summed E-state index contributed by atoms with van der Waals surface area (Å²) in [5.74, 6) is 0.125. The van der Waals surface area contributed by atoms with Gasteiger partial charge in [0.1, 0.15) is 0 Å². The van der Waals surface area contributed by atoms with Crippen molar-refractivity contribution in [3.8, 4) is 0 Å². The van der Waals surface area contributed by atoms with Crippen molar-refractivity contribution in [2.75, 3.05) is 13.1 Å². The zero-order valence-corrected chi connectivity index (χ0v) is 8.30. The molecular formula is C9H12N2OS. The molecule has 2 heterocycles. The van der Waals surface area contributed by atoms with Gasteiger partial charge in [-0.3, -0.25) is 4.79 Å². The Bertz CT molecular complexity index is 328. The van der Waals surface area contributed by atoms with E-state index in [1.165, 1.54) is 4.88 Å². The second kappa shape index (κ2) is 3.12. The van der Waals surface area contributed by atoms with Crippen LogP contribution >= 0.6 is 11.3 Å². The van der Waals surface area contributed by atoms with E-state index in [4.69, 9.17) is 5.73 Å². The molecule has 0 atom stereocenters. The SMILES string of the molecule is Cc1ccc(C(=O)N2CC(N)C2)s1. The third kappa shape index (κ3) is 1.59. The van der Waals surface area contributed by atoms with Crippen molar-refractivity contribution >= 4 is 17.2 Å². The molecule has 1 amide bonds. The van der Waals surface area contributed by atoms with Crippen LogP contribution in [0, 0.1) is 6.92 Å². The van der Waals surface area contributed by atoms with Gasteiger partial charge in [0.05, 0.1) is 4.88 Å². The van der Waals surface area contributed by atoms with E-state index in [1.807, 2.05) is 19.1 Å². The second-order valence-electron chi connectivity index (χ2n) is 3.38. The Kier molecular flexibility index (Phi) is 2.09. The molecule has 1 aromatic heterocycles. The minimum Gasteiger partial charge on any atom is -0.335 e. The number of amides is 1. The summed E-state index contributed by atoms with van der Waals surface area (Å²) in [5, 5.41) is 0. The van der Waals surface area contributed by atoms with E-state index in [0.29, 0.717) is 13.1 Å². The molecule has 2 rings (SSSR count). The fraction of sp³-hybridized carbons (Fsp3) is 0.444. The Hall–Kier alpha value is -0.870. The fourth-order valence-corrected chi connectivity index (χ4v) is 2.22. The summed E-state index contributed by atoms with van der Waals surface area (Å²) >= 11 is 1.54. The average Bonchev–Trinajstić information content (AvgIpc) is 2.45. The molecule has 70 valence electrons. The van der Waals surface area contributed by atoms with Crippen LogP contribution in [0.15, 0.2) is 12.1 Å². The molecule has 4 heteroatoms. The standard InChI is InChI=1S/C9H12N2OS/c1-6-2-3-8(13-6)9(12)11-4-7(10)5-11/h2-3,7H,4-5,10H2,1H3. The monoisotopic (exact) mass is 196 g/mol. The van der Waals surface area contributed by atoms with Crippen LogP contribution in [-0.2, 0) is 0 Å². The number of nitrogens with zero attached hydrogens (tertiary/aromatic N) is 1. The first kappa shape index (κ1) is 8.72. The van der Waals surface area contributed by atoms with E-state index < -0.39 is 0 Å². The number of rotatable bonds is 1. The maximum Gasteiger partial charge on any atom is 0.264 e. The molecule has 1 fully saturated rings. The Morgan fingerprint density at radius 3 is 2.77 bits per heavy atom. The van der Waals surface area contributed by atoms with E-state index in [9.17, 15) is 4.79 Å². The van der Waals surface area contributed by atoms with Crippen molar-refractivity contribution in [2.24, 2.45) is 5.73 Å². The molecule has 2 N–H and O–H groups in total. The minimum atomic E-state index is 0.125. The first-order chi connectivity index (χ1) is 6.16. The van der Waals surface area contributed by atoms with Crippen molar-refractivity contribution in [1.82, 2.24) is 4.90 Å². The number of carbonyl (C=O) groups is 1. The van der Waals surface area contributed by atoms with E-state index in [1.54, 1.807) is 16.2 Å². The Morgan fingerprint density at radius 2 is 2.31 bits per heavy atom. The summed E-state index contributed by atoms with van der Waals surface area (Å²) in [6.07, 6.45) is 0. The normalized spacial score (nSPS) is 17.2. The van der Waals surface area contributed by atoms with E-state index in [-0.39, 0.29) is 11.9 Å². The van der Waals surface area contributed by atoms with Gasteiger partial charge in [-0.15, -0.1) is 11.3 Å². The molecule has 0 aromatic carbocycles. The lowest BCUT2D eigenvalue weighted by molar-refractivity contribution is 0.0613. The maximum atomic E-state index is 11.7. The molecule has 1 aliphatic rings. The molecule has 1 aliphatic heterocycles.